The Morgan fingerprint density at radius 1 is 1.10 bits per heavy atom. The molecule has 0 fully saturated rings. The van der Waals surface area contributed by atoms with Gasteiger partial charge in [0.2, 0.25) is 0 Å². The summed E-state index contributed by atoms with van der Waals surface area (Å²) in [6.45, 7) is 3.00. The molecular formula is C16H15ClN4. The van der Waals surface area contributed by atoms with Crippen molar-refractivity contribution in [3.05, 3.63) is 47.7 Å². The number of fused-ring (bicyclic) bond motifs is 1. The molecule has 2 heterocycles. The van der Waals surface area contributed by atoms with Gasteiger partial charge in [0, 0.05) is 29.9 Å². The van der Waals surface area contributed by atoms with Gasteiger partial charge in [-0.2, -0.15) is 0 Å². The van der Waals surface area contributed by atoms with Crippen LogP contribution in [-0.2, 0) is 0 Å². The van der Waals surface area contributed by atoms with Crippen LogP contribution in [0.4, 0.5) is 5.82 Å². The largest absolute Gasteiger partial charge is 0.370 e. The highest BCUT2D eigenvalue weighted by molar-refractivity contribution is 6.35. The SMILES string of the molecule is CCCNc1ccnc(-c2ccc(Cl)c3cccnc23)n1. The van der Waals surface area contributed by atoms with Gasteiger partial charge in [0.05, 0.1) is 10.5 Å². The molecule has 2 aromatic heterocycles. The van der Waals surface area contributed by atoms with Crippen LogP contribution in [0.2, 0.25) is 5.02 Å². The lowest BCUT2D eigenvalue weighted by Crippen LogP contribution is -2.03. The molecule has 0 amide bonds. The maximum absolute atomic E-state index is 6.22. The van der Waals surface area contributed by atoms with Gasteiger partial charge >= 0.3 is 0 Å². The number of nitrogens with zero attached hydrogens (tertiary/aromatic N) is 3. The van der Waals surface area contributed by atoms with Gasteiger partial charge in [-0.15, -0.1) is 0 Å². The Kier molecular flexibility index (Phi) is 3.97. The molecule has 0 radical (unpaired) electrons. The molecule has 0 unspecified atom stereocenters. The van der Waals surface area contributed by atoms with E-state index in [9.17, 15) is 0 Å². The Labute approximate surface area is 128 Å². The van der Waals surface area contributed by atoms with Crippen LogP contribution in [-0.4, -0.2) is 21.5 Å². The van der Waals surface area contributed by atoms with Gasteiger partial charge in [0.25, 0.3) is 0 Å². The van der Waals surface area contributed by atoms with Crippen molar-refractivity contribution in [2.75, 3.05) is 11.9 Å². The van der Waals surface area contributed by atoms with Crippen molar-refractivity contribution in [1.82, 2.24) is 15.0 Å². The Morgan fingerprint density at radius 2 is 2.00 bits per heavy atom. The predicted molar refractivity (Wildman–Crippen MR) is 86.6 cm³/mol. The molecule has 4 nitrogen and oxygen atoms in total. The second-order valence-corrected chi connectivity index (χ2v) is 5.09. The first kappa shape index (κ1) is 13.8. The second kappa shape index (κ2) is 6.06. The van der Waals surface area contributed by atoms with Crippen LogP contribution in [0, 0.1) is 0 Å². The molecule has 3 rings (SSSR count). The lowest BCUT2D eigenvalue weighted by Gasteiger charge is -2.08. The molecule has 0 aliphatic heterocycles. The summed E-state index contributed by atoms with van der Waals surface area (Å²) in [6, 6.07) is 9.46. The summed E-state index contributed by atoms with van der Waals surface area (Å²) in [5.41, 5.74) is 1.70. The predicted octanol–water partition coefficient (Wildman–Crippen LogP) is 4.17. The Balaban J connectivity index is 2.10. The van der Waals surface area contributed by atoms with Crippen molar-refractivity contribution in [2.45, 2.75) is 13.3 Å². The Morgan fingerprint density at radius 3 is 2.86 bits per heavy atom. The van der Waals surface area contributed by atoms with Gasteiger partial charge in [0.1, 0.15) is 5.82 Å². The first-order valence-corrected chi connectivity index (χ1v) is 7.28. The summed E-state index contributed by atoms with van der Waals surface area (Å²) in [7, 11) is 0. The summed E-state index contributed by atoms with van der Waals surface area (Å²) < 4.78 is 0. The van der Waals surface area contributed by atoms with E-state index >= 15 is 0 Å². The number of aromatic nitrogens is 3. The van der Waals surface area contributed by atoms with Crippen molar-refractivity contribution in [2.24, 2.45) is 0 Å². The van der Waals surface area contributed by atoms with Crippen molar-refractivity contribution in [1.29, 1.82) is 0 Å². The highest BCUT2D eigenvalue weighted by Crippen LogP contribution is 2.30. The van der Waals surface area contributed by atoms with E-state index in [1.165, 1.54) is 0 Å². The van der Waals surface area contributed by atoms with Crippen molar-refractivity contribution < 1.29 is 0 Å². The number of halogens is 1. The molecular weight excluding hydrogens is 284 g/mol. The summed E-state index contributed by atoms with van der Waals surface area (Å²) >= 11 is 6.22. The fourth-order valence-corrected chi connectivity index (χ4v) is 2.37. The molecule has 1 aromatic carbocycles. The fraction of sp³-hybridized carbons (Fsp3) is 0.188. The number of hydrogen-bond donors (Lipinski definition) is 1. The lowest BCUT2D eigenvalue weighted by atomic mass is 10.1. The minimum Gasteiger partial charge on any atom is -0.370 e. The van der Waals surface area contributed by atoms with Gasteiger partial charge in [-0.3, -0.25) is 4.98 Å². The third kappa shape index (κ3) is 2.81. The third-order valence-electron chi connectivity index (χ3n) is 3.17. The van der Waals surface area contributed by atoms with E-state index in [0.717, 1.165) is 35.2 Å². The number of hydrogen-bond acceptors (Lipinski definition) is 4. The topological polar surface area (TPSA) is 50.7 Å². The van der Waals surface area contributed by atoms with Crippen LogP contribution in [0.15, 0.2) is 42.7 Å². The zero-order chi connectivity index (χ0) is 14.7. The molecule has 0 saturated heterocycles. The summed E-state index contributed by atoms with van der Waals surface area (Å²) in [6.07, 6.45) is 4.55. The molecule has 3 aromatic rings. The van der Waals surface area contributed by atoms with Gasteiger partial charge in [0.15, 0.2) is 5.82 Å². The van der Waals surface area contributed by atoms with E-state index < -0.39 is 0 Å². The third-order valence-corrected chi connectivity index (χ3v) is 3.50. The van der Waals surface area contributed by atoms with Crippen molar-refractivity contribution >= 4 is 28.3 Å². The number of pyridine rings is 1. The van der Waals surface area contributed by atoms with Gasteiger partial charge in [-0.25, -0.2) is 9.97 Å². The molecule has 1 N–H and O–H groups in total. The minimum absolute atomic E-state index is 0.650. The van der Waals surface area contributed by atoms with E-state index in [0.29, 0.717) is 10.8 Å². The van der Waals surface area contributed by atoms with Gasteiger partial charge in [-0.05, 0) is 36.8 Å². The molecule has 0 aliphatic rings. The van der Waals surface area contributed by atoms with E-state index in [2.05, 4.69) is 27.2 Å². The second-order valence-electron chi connectivity index (χ2n) is 4.69. The number of anilines is 1. The standard InChI is InChI=1S/C16H15ClN4/c1-2-8-18-14-7-10-20-16(21-14)12-5-6-13(17)11-4-3-9-19-15(11)12/h3-7,9-10H,2,8H2,1H3,(H,18,20,21). The molecule has 0 aliphatic carbocycles. The highest BCUT2D eigenvalue weighted by Gasteiger charge is 2.10. The Bertz CT molecular complexity index is 773. The van der Waals surface area contributed by atoms with E-state index in [1.807, 2.05) is 30.3 Å². The van der Waals surface area contributed by atoms with Gasteiger partial charge in [-0.1, -0.05) is 18.5 Å². The van der Waals surface area contributed by atoms with Crippen LogP contribution < -0.4 is 5.32 Å². The number of benzene rings is 1. The normalized spacial score (nSPS) is 10.8. The molecule has 0 saturated carbocycles. The molecule has 0 bridgehead atoms. The molecule has 0 spiro atoms. The van der Waals surface area contributed by atoms with Crippen LogP contribution in [0.5, 0.6) is 0 Å². The highest BCUT2D eigenvalue weighted by atomic mass is 35.5. The molecule has 21 heavy (non-hydrogen) atoms. The minimum atomic E-state index is 0.650. The van der Waals surface area contributed by atoms with Crippen molar-refractivity contribution in [3.63, 3.8) is 0 Å². The van der Waals surface area contributed by atoms with Crippen LogP contribution in [0.25, 0.3) is 22.3 Å². The van der Waals surface area contributed by atoms with Crippen LogP contribution >= 0.6 is 11.6 Å². The monoisotopic (exact) mass is 298 g/mol. The number of rotatable bonds is 4. The molecule has 106 valence electrons. The zero-order valence-electron chi connectivity index (χ0n) is 11.7. The first-order valence-electron chi connectivity index (χ1n) is 6.90. The molecule has 0 atom stereocenters. The van der Waals surface area contributed by atoms with Crippen LogP contribution in [0.1, 0.15) is 13.3 Å². The average molecular weight is 299 g/mol. The maximum atomic E-state index is 6.22. The quantitative estimate of drug-likeness (QED) is 0.785. The summed E-state index contributed by atoms with van der Waals surface area (Å²) in [4.78, 5) is 13.3. The van der Waals surface area contributed by atoms with Gasteiger partial charge < -0.3 is 5.32 Å². The van der Waals surface area contributed by atoms with E-state index in [-0.39, 0.29) is 0 Å². The Hall–Kier alpha value is -2.20. The molecule has 5 heteroatoms. The number of nitrogens with one attached hydrogen (secondary N) is 1. The maximum Gasteiger partial charge on any atom is 0.163 e. The lowest BCUT2D eigenvalue weighted by molar-refractivity contribution is 0.966. The average Bonchev–Trinajstić information content (AvgIpc) is 2.54. The summed E-state index contributed by atoms with van der Waals surface area (Å²) in [5, 5.41) is 4.86. The first-order chi connectivity index (χ1) is 10.3. The van der Waals surface area contributed by atoms with Crippen LogP contribution in [0.3, 0.4) is 0 Å². The zero-order valence-corrected chi connectivity index (χ0v) is 12.4. The van der Waals surface area contributed by atoms with E-state index in [4.69, 9.17) is 11.6 Å². The van der Waals surface area contributed by atoms with Crippen molar-refractivity contribution in [3.8, 4) is 11.4 Å². The van der Waals surface area contributed by atoms with E-state index in [1.54, 1.807) is 12.4 Å². The summed E-state index contributed by atoms with van der Waals surface area (Å²) in [5.74, 6) is 1.47. The smallest absolute Gasteiger partial charge is 0.163 e. The fourth-order valence-electron chi connectivity index (χ4n) is 2.16.